The Balaban J connectivity index is 2.51. The van der Waals surface area contributed by atoms with Gasteiger partial charge in [-0.05, 0) is 64.7 Å². The number of rotatable bonds is 8. The molecule has 1 fully saturated rings. The minimum absolute atomic E-state index is 0.0904. The van der Waals surface area contributed by atoms with E-state index in [9.17, 15) is 4.79 Å². The number of carbonyl (C=O) groups excluding carboxylic acids is 1. The van der Waals surface area contributed by atoms with Crippen molar-refractivity contribution < 1.29 is 9.53 Å². The molecule has 0 aliphatic heterocycles. The van der Waals surface area contributed by atoms with Crippen molar-refractivity contribution in [2.75, 3.05) is 34.3 Å². The van der Waals surface area contributed by atoms with Gasteiger partial charge in [-0.1, -0.05) is 20.3 Å². The molecule has 0 amide bonds. The Kier molecular flexibility index (Phi) is 6.96. The lowest BCUT2D eigenvalue weighted by atomic mass is 9.84. The summed E-state index contributed by atoms with van der Waals surface area (Å²) in [6, 6.07) is 0. The third kappa shape index (κ3) is 4.19. The van der Waals surface area contributed by atoms with Crippen molar-refractivity contribution in [3.05, 3.63) is 0 Å². The van der Waals surface area contributed by atoms with Gasteiger partial charge in [0, 0.05) is 0 Å². The van der Waals surface area contributed by atoms with Crippen LogP contribution in [0, 0.1) is 11.8 Å². The van der Waals surface area contributed by atoms with Gasteiger partial charge in [0.15, 0.2) is 0 Å². The van der Waals surface area contributed by atoms with E-state index < -0.39 is 5.54 Å². The van der Waals surface area contributed by atoms with Gasteiger partial charge in [0.1, 0.15) is 5.54 Å². The summed E-state index contributed by atoms with van der Waals surface area (Å²) in [7, 11) is 5.56. The molecule has 0 heterocycles. The van der Waals surface area contributed by atoms with E-state index in [1.54, 1.807) is 0 Å². The molecule has 0 aromatic heterocycles. The lowest BCUT2D eigenvalue weighted by molar-refractivity contribution is -0.150. The third-order valence-corrected chi connectivity index (χ3v) is 4.76. The molecule has 0 bridgehead atoms. The smallest absolute Gasteiger partial charge is 0.326 e. The van der Waals surface area contributed by atoms with Gasteiger partial charge in [0.2, 0.25) is 0 Å². The summed E-state index contributed by atoms with van der Waals surface area (Å²) in [6.07, 6.45) is 5.42. The van der Waals surface area contributed by atoms with Crippen molar-refractivity contribution in [1.29, 1.82) is 0 Å². The van der Waals surface area contributed by atoms with Gasteiger partial charge in [-0.3, -0.25) is 4.79 Å². The highest BCUT2D eigenvalue weighted by Crippen LogP contribution is 2.38. The molecule has 0 radical (unpaired) electrons. The molecule has 1 aliphatic carbocycles. The summed E-state index contributed by atoms with van der Waals surface area (Å²) in [4.78, 5) is 14.5. The number of hydrogen-bond acceptors (Lipinski definition) is 4. The van der Waals surface area contributed by atoms with Crippen LogP contribution in [0.1, 0.15) is 46.0 Å². The van der Waals surface area contributed by atoms with Gasteiger partial charge >= 0.3 is 5.97 Å². The Hall–Kier alpha value is -0.610. The maximum absolute atomic E-state index is 12.1. The SMILES string of the molecule is CNC1(C(=O)OC)CCCC1CCN(C)CCC(C)C. The zero-order chi connectivity index (χ0) is 15.2. The quantitative estimate of drug-likeness (QED) is 0.694. The Labute approximate surface area is 124 Å². The zero-order valence-electron chi connectivity index (χ0n) is 13.9. The summed E-state index contributed by atoms with van der Waals surface area (Å²) in [5.74, 6) is 1.05. The Morgan fingerprint density at radius 1 is 1.45 bits per heavy atom. The van der Waals surface area contributed by atoms with Crippen molar-refractivity contribution in [3.63, 3.8) is 0 Å². The standard InChI is InChI=1S/C16H32N2O2/c1-13(2)8-11-18(4)12-9-14-7-6-10-16(14,17-3)15(19)20-5/h13-14,17H,6-12H2,1-5H3. The summed E-state index contributed by atoms with van der Waals surface area (Å²) in [5.41, 5.74) is -0.451. The molecule has 0 aromatic rings. The number of carbonyl (C=O) groups is 1. The largest absolute Gasteiger partial charge is 0.468 e. The third-order valence-electron chi connectivity index (χ3n) is 4.76. The van der Waals surface area contributed by atoms with Crippen molar-refractivity contribution >= 4 is 5.97 Å². The van der Waals surface area contributed by atoms with Crippen LogP contribution in [-0.4, -0.2) is 50.7 Å². The van der Waals surface area contributed by atoms with Crippen LogP contribution < -0.4 is 5.32 Å². The van der Waals surface area contributed by atoms with E-state index in [-0.39, 0.29) is 5.97 Å². The van der Waals surface area contributed by atoms with Gasteiger partial charge in [-0.15, -0.1) is 0 Å². The normalized spacial score (nSPS) is 26.4. The molecular formula is C16H32N2O2. The molecule has 0 saturated heterocycles. The van der Waals surface area contributed by atoms with E-state index in [1.807, 2.05) is 7.05 Å². The van der Waals surface area contributed by atoms with Crippen LogP contribution in [-0.2, 0) is 9.53 Å². The predicted octanol–water partition coefficient (Wildman–Crippen LogP) is 2.29. The molecular weight excluding hydrogens is 252 g/mol. The van der Waals surface area contributed by atoms with Crippen LogP contribution in [0.4, 0.5) is 0 Å². The first-order valence-electron chi connectivity index (χ1n) is 7.92. The monoisotopic (exact) mass is 284 g/mol. The van der Waals surface area contributed by atoms with Gasteiger partial charge in [0.05, 0.1) is 7.11 Å². The van der Waals surface area contributed by atoms with E-state index in [1.165, 1.54) is 13.5 Å². The van der Waals surface area contributed by atoms with Crippen molar-refractivity contribution in [3.8, 4) is 0 Å². The summed E-state index contributed by atoms with van der Waals surface area (Å²) in [6.45, 7) is 6.70. The zero-order valence-corrected chi connectivity index (χ0v) is 13.9. The van der Waals surface area contributed by atoms with E-state index >= 15 is 0 Å². The first-order chi connectivity index (χ1) is 9.46. The number of likely N-dealkylation sites (N-methyl/N-ethyl adjacent to an activating group) is 1. The first-order valence-corrected chi connectivity index (χ1v) is 7.92. The lowest BCUT2D eigenvalue weighted by Crippen LogP contribution is -2.54. The maximum Gasteiger partial charge on any atom is 0.326 e. The van der Waals surface area contributed by atoms with Crippen molar-refractivity contribution in [2.24, 2.45) is 11.8 Å². The number of nitrogens with zero attached hydrogens (tertiary/aromatic N) is 1. The van der Waals surface area contributed by atoms with Crippen LogP contribution in [0.15, 0.2) is 0 Å². The molecule has 0 aromatic carbocycles. The van der Waals surface area contributed by atoms with Gasteiger partial charge in [-0.25, -0.2) is 0 Å². The molecule has 118 valence electrons. The number of ether oxygens (including phenoxy) is 1. The van der Waals surface area contributed by atoms with E-state index in [0.29, 0.717) is 5.92 Å². The number of esters is 1. The first kappa shape index (κ1) is 17.4. The number of nitrogens with one attached hydrogen (secondary N) is 1. The molecule has 2 unspecified atom stereocenters. The van der Waals surface area contributed by atoms with Gasteiger partial charge in [-0.2, -0.15) is 0 Å². The molecule has 4 nitrogen and oxygen atoms in total. The van der Waals surface area contributed by atoms with Crippen LogP contribution in [0.3, 0.4) is 0 Å². The van der Waals surface area contributed by atoms with E-state index in [4.69, 9.17) is 4.74 Å². The second-order valence-corrected chi connectivity index (χ2v) is 6.58. The fourth-order valence-corrected chi connectivity index (χ4v) is 3.32. The number of hydrogen-bond donors (Lipinski definition) is 1. The topological polar surface area (TPSA) is 41.6 Å². The Morgan fingerprint density at radius 2 is 2.15 bits per heavy atom. The molecule has 20 heavy (non-hydrogen) atoms. The van der Waals surface area contributed by atoms with Gasteiger partial charge in [0.25, 0.3) is 0 Å². The summed E-state index contributed by atoms with van der Waals surface area (Å²) in [5, 5.41) is 3.26. The minimum Gasteiger partial charge on any atom is -0.468 e. The van der Waals surface area contributed by atoms with Crippen molar-refractivity contribution in [1.82, 2.24) is 10.2 Å². The summed E-state index contributed by atoms with van der Waals surface area (Å²) < 4.78 is 5.03. The molecule has 2 atom stereocenters. The highest BCUT2D eigenvalue weighted by Gasteiger charge is 2.48. The van der Waals surface area contributed by atoms with E-state index in [2.05, 4.69) is 31.1 Å². The average Bonchev–Trinajstić information content (AvgIpc) is 2.85. The minimum atomic E-state index is -0.451. The van der Waals surface area contributed by atoms with Crippen molar-refractivity contribution in [2.45, 2.75) is 51.5 Å². The molecule has 0 spiro atoms. The number of methoxy groups -OCH3 is 1. The fraction of sp³-hybridized carbons (Fsp3) is 0.938. The fourth-order valence-electron chi connectivity index (χ4n) is 3.32. The van der Waals surface area contributed by atoms with Crippen LogP contribution in [0.25, 0.3) is 0 Å². The maximum atomic E-state index is 12.1. The second-order valence-electron chi connectivity index (χ2n) is 6.58. The average molecular weight is 284 g/mol. The van der Waals surface area contributed by atoms with Crippen LogP contribution in [0.5, 0.6) is 0 Å². The van der Waals surface area contributed by atoms with Gasteiger partial charge < -0.3 is 15.0 Å². The molecule has 1 saturated carbocycles. The lowest BCUT2D eigenvalue weighted by Gasteiger charge is -2.33. The Morgan fingerprint density at radius 3 is 2.70 bits per heavy atom. The van der Waals surface area contributed by atoms with E-state index in [0.717, 1.165) is 44.7 Å². The second kappa shape index (κ2) is 7.99. The highest BCUT2D eigenvalue weighted by molar-refractivity contribution is 5.81. The Bertz CT molecular complexity index is 307. The molecule has 4 heteroatoms. The molecule has 1 N–H and O–H groups in total. The van der Waals surface area contributed by atoms with Crippen LogP contribution in [0.2, 0.25) is 0 Å². The highest BCUT2D eigenvalue weighted by atomic mass is 16.5. The van der Waals surface area contributed by atoms with Crippen LogP contribution >= 0.6 is 0 Å². The predicted molar refractivity (Wildman–Crippen MR) is 82.7 cm³/mol. The molecule has 1 rings (SSSR count). The molecule has 1 aliphatic rings. The summed E-state index contributed by atoms with van der Waals surface area (Å²) >= 11 is 0.